The summed E-state index contributed by atoms with van der Waals surface area (Å²) in [6.45, 7) is -0.0721. The summed E-state index contributed by atoms with van der Waals surface area (Å²) < 4.78 is 1.41. The van der Waals surface area contributed by atoms with Crippen molar-refractivity contribution in [3.05, 3.63) is 46.5 Å². The number of fused-ring (bicyclic) bond motifs is 1. The monoisotopic (exact) mass is 176 g/mol. The van der Waals surface area contributed by atoms with Crippen LogP contribution in [-0.4, -0.2) is 14.5 Å². The van der Waals surface area contributed by atoms with Crippen molar-refractivity contribution >= 4 is 5.65 Å². The Balaban J connectivity index is 2.82. The fraction of sp³-hybridized carbons (Fsp3) is 0.111. The van der Waals surface area contributed by atoms with Crippen LogP contribution in [0, 0.1) is 0 Å². The van der Waals surface area contributed by atoms with Crippen LogP contribution in [0.1, 0.15) is 5.56 Å². The van der Waals surface area contributed by atoms with Gasteiger partial charge in [-0.15, -0.1) is 0 Å². The van der Waals surface area contributed by atoms with Gasteiger partial charge in [-0.05, 0) is 11.6 Å². The first-order chi connectivity index (χ1) is 6.31. The molecule has 0 aromatic carbocycles. The quantitative estimate of drug-likeness (QED) is 0.674. The van der Waals surface area contributed by atoms with Crippen LogP contribution in [0.2, 0.25) is 0 Å². The molecule has 66 valence electrons. The predicted molar refractivity (Wildman–Crippen MR) is 47.4 cm³/mol. The van der Waals surface area contributed by atoms with Gasteiger partial charge in [0.1, 0.15) is 5.65 Å². The number of hydrogen-bond acceptors (Lipinski definition) is 3. The van der Waals surface area contributed by atoms with E-state index in [2.05, 4.69) is 4.98 Å². The number of aliphatic hydroxyl groups is 1. The van der Waals surface area contributed by atoms with Gasteiger partial charge in [-0.2, -0.15) is 0 Å². The van der Waals surface area contributed by atoms with Crippen LogP contribution in [0.25, 0.3) is 5.65 Å². The van der Waals surface area contributed by atoms with Crippen LogP contribution < -0.4 is 5.56 Å². The standard InChI is InChI=1S/C9H8N2O2/c12-6-7-1-2-8-10-4-3-9(13)11(8)5-7/h1-5,12H,6H2. The Kier molecular flexibility index (Phi) is 1.83. The molecule has 0 aliphatic carbocycles. The normalized spacial score (nSPS) is 10.5. The molecule has 1 N–H and O–H groups in total. The summed E-state index contributed by atoms with van der Waals surface area (Å²) in [5, 5.41) is 8.85. The summed E-state index contributed by atoms with van der Waals surface area (Å²) in [6.07, 6.45) is 3.06. The highest BCUT2D eigenvalue weighted by molar-refractivity contribution is 5.38. The maximum Gasteiger partial charge on any atom is 0.257 e. The molecule has 0 radical (unpaired) electrons. The largest absolute Gasteiger partial charge is 0.392 e. The van der Waals surface area contributed by atoms with Crippen molar-refractivity contribution in [3.8, 4) is 0 Å². The van der Waals surface area contributed by atoms with Crippen molar-refractivity contribution < 1.29 is 5.11 Å². The van der Waals surface area contributed by atoms with E-state index >= 15 is 0 Å². The van der Waals surface area contributed by atoms with Crippen molar-refractivity contribution in [1.29, 1.82) is 0 Å². The van der Waals surface area contributed by atoms with E-state index in [9.17, 15) is 4.79 Å². The Labute approximate surface area is 74.1 Å². The zero-order valence-corrected chi connectivity index (χ0v) is 6.84. The number of nitrogens with zero attached hydrogens (tertiary/aromatic N) is 2. The Morgan fingerprint density at radius 3 is 3.00 bits per heavy atom. The lowest BCUT2D eigenvalue weighted by atomic mass is 10.3. The molecule has 2 aromatic rings. The molecular formula is C9H8N2O2. The van der Waals surface area contributed by atoms with E-state index in [1.165, 1.54) is 16.7 Å². The summed E-state index contributed by atoms with van der Waals surface area (Å²) in [5.41, 5.74) is 1.15. The second-order valence-corrected chi connectivity index (χ2v) is 2.71. The van der Waals surface area contributed by atoms with Crippen LogP contribution in [0.5, 0.6) is 0 Å². The molecule has 0 saturated heterocycles. The highest BCUT2D eigenvalue weighted by Gasteiger charge is 1.96. The number of aromatic nitrogens is 2. The molecule has 0 fully saturated rings. The van der Waals surface area contributed by atoms with Gasteiger partial charge in [-0.25, -0.2) is 4.98 Å². The third kappa shape index (κ3) is 1.31. The van der Waals surface area contributed by atoms with Crippen LogP contribution >= 0.6 is 0 Å². The minimum Gasteiger partial charge on any atom is -0.392 e. The molecule has 0 amide bonds. The molecular weight excluding hydrogens is 168 g/mol. The number of aliphatic hydroxyl groups excluding tert-OH is 1. The van der Waals surface area contributed by atoms with Gasteiger partial charge in [-0.1, -0.05) is 6.07 Å². The lowest BCUT2D eigenvalue weighted by Crippen LogP contribution is -2.12. The minimum atomic E-state index is -0.139. The Hall–Kier alpha value is -1.68. The van der Waals surface area contributed by atoms with Crippen molar-refractivity contribution in [1.82, 2.24) is 9.38 Å². The summed E-state index contributed by atoms with van der Waals surface area (Å²) in [5.74, 6) is 0. The minimum absolute atomic E-state index is 0.0721. The molecule has 0 aliphatic rings. The topological polar surface area (TPSA) is 54.6 Å². The van der Waals surface area contributed by atoms with Crippen molar-refractivity contribution in [2.75, 3.05) is 0 Å². The average molecular weight is 176 g/mol. The summed E-state index contributed by atoms with van der Waals surface area (Å²) >= 11 is 0. The molecule has 2 rings (SSSR count). The van der Waals surface area contributed by atoms with Crippen LogP contribution in [0.3, 0.4) is 0 Å². The van der Waals surface area contributed by atoms with E-state index in [1.807, 2.05) is 0 Å². The average Bonchev–Trinajstić information content (AvgIpc) is 2.18. The lowest BCUT2D eigenvalue weighted by molar-refractivity contribution is 0.281. The zero-order chi connectivity index (χ0) is 9.26. The van der Waals surface area contributed by atoms with E-state index < -0.39 is 0 Å². The molecule has 0 bridgehead atoms. The van der Waals surface area contributed by atoms with Crippen molar-refractivity contribution in [2.24, 2.45) is 0 Å². The Bertz CT molecular complexity index is 490. The highest BCUT2D eigenvalue weighted by atomic mass is 16.3. The predicted octanol–water partition coefficient (Wildman–Crippen LogP) is 0.187. The SMILES string of the molecule is O=c1ccnc2ccc(CO)cn12. The van der Waals surface area contributed by atoms with E-state index in [0.717, 1.165) is 0 Å². The first-order valence-electron chi connectivity index (χ1n) is 3.88. The third-order valence-electron chi connectivity index (χ3n) is 1.83. The molecule has 4 heteroatoms. The van der Waals surface area contributed by atoms with Crippen LogP contribution in [-0.2, 0) is 6.61 Å². The fourth-order valence-electron chi connectivity index (χ4n) is 1.17. The van der Waals surface area contributed by atoms with Gasteiger partial charge in [-0.3, -0.25) is 9.20 Å². The smallest absolute Gasteiger partial charge is 0.257 e. The second kappa shape index (κ2) is 2.99. The van der Waals surface area contributed by atoms with Gasteiger partial charge < -0.3 is 5.11 Å². The molecule has 0 saturated carbocycles. The number of rotatable bonds is 1. The fourth-order valence-corrected chi connectivity index (χ4v) is 1.17. The number of pyridine rings is 1. The van der Waals surface area contributed by atoms with Gasteiger partial charge in [0.05, 0.1) is 6.61 Å². The summed E-state index contributed by atoms with van der Waals surface area (Å²) in [6, 6.07) is 4.82. The van der Waals surface area contributed by atoms with Gasteiger partial charge in [0.25, 0.3) is 5.56 Å². The molecule has 4 nitrogen and oxygen atoms in total. The lowest BCUT2D eigenvalue weighted by Gasteiger charge is -2.00. The molecule has 2 aromatic heterocycles. The van der Waals surface area contributed by atoms with Gasteiger partial charge in [0.2, 0.25) is 0 Å². The Morgan fingerprint density at radius 1 is 1.38 bits per heavy atom. The second-order valence-electron chi connectivity index (χ2n) is 2.71. The van der Waals surface area contributed by atoms with E-state index in [0.29, 0.717) is 11.2 Å². The van der Waals surface area contributed by atoms with Gasteiger partial charge in [0.15, 0.2) is 0 Å². The molecule has 13 heavy (non-hydrogen) atoms. The maximum absolute atomic E-state index is 11.3. The zero-order valence-electron chi connectivity index (χ0n) is 6.84. The molecule has 0 spiro atoms. The van der Waals surface area contributed by atoms with Crippen molar-refractivity contribution in [2.45, 2.75) is 6.61 Å². The van der Waals surface area contributed by atoms with Crippen LogP contribution in [0.4, 0.5) is 0 Å². The summed E-state index contributed by atoms with van der Waals surface area (Å²) in [4.78, 5) is 15.3. The number of hydrogen-bond donors (Lipinski definition) is 1. The molecule has 0 atom stereocenters. The van der Waals surface area contributed by atoms with Crippen molar-refractivity contribution in [3.63, 3.8) is 0 Å². The molecule has 2 heterocycles. The molecule has 0 unspecified atom stereocenters. The maximum atomic E-state index is 11.3. The first-order valence-corrected chi connectivity index (χ1v) is 3.88. The van der Waals surface area contributed by atoms with E-state index in [1.54, 1.807) is 18.3 Å². The van der Waals surface area contributed by atoms with Gasteiger partial charge in [0, 0.05) is 18.5 Å². The van der Waals surface area contributed by atoms with Gasteiger partial charge >= 0.3 is 0 Å². The Morgan fingerprint density at radius 2 is 2.23 bits per heavy atom. The highest BCUT2D eigenvalue weighted by Crippen LogP contribution is 2.00. The first kappa shape index (κ1) is 7.94. The van der Waals surface area contributed by atoms with Crippen LogP contribution in [0.15, 0.2) is 35.4 Å². The molecule has 0 aliphatic heterocycles. The van der Waals surface area contributed by atoms with E-state index in [4.69, 9.17) is 5.11 Å². The summed E-state index contributed by atoms with van der Waals surface area (Å²) in [7, 11) is 0. The third-order valence-corrected chi connectivity index (χ3v) is 1.83. The van der Waals surface area contributed by atoms with E-state index in [-0.39, 0.29) is 12.2 Å².